The summed E-state index contributed by atoms with van der Waals surface area (Å²) in [5.41, 5.74) is 2.15. The number of imidazole rings is 1. The lowest BCUT2D eigenvalue weighted by atomic mass is 10.1. The zero-order valence-corrected chi connectivity index (χ0v) is 17.9. The first-order valence-corrected chi connectivity index (χ1v) is 10.3. The number of ether oxygens (including phenoxy) is 2. The SMILES string of the molecule is CCC(OCC(O)CNC(c1cccc(OC)c1)c1nccn1C)c1ccccc1. The number of rotatable bonds is 11. The molecular formula is C24H31N3O3. The van der Waals surface area contributed by atoms with E-state index in [1.54, 1.807) is 13.3 Å². The van der Waals surface area contributed by atoms with E-state index in [-0.39, 0.29) is 18.8 Å². The molecule has 0 bridgehead atoms. The lowest BCUT2D eigenvalue weighted by Crippen LogP contribution is -2.35. The maximum atomic E-state index is 10.6. The Labute approximate surface area is 178 Å². The molecule has 2 aromatic carbocycles. The first-order chi connectivity index (χ1) is 14.6. The van der Waals surface area contributed by atoms with Crippen LogP contribution < -0.4 is 10.1 Å². The molecule has 0 radical (unpaired) electrons. The minimum Gasteiger partial charge on any atom is -0.497 e. The largest absolute Gasteiger partial charge is 0.497 e. The Kier molecular flexibility index (Phi) is 8.02. The van der Waals surface area contributed by atoms with Crippen molar-refractivity contribution >= 4 is 0 Å². The number of aryl methyl sites for hydroxylation is 1. The molecule has 0 aliphatic rings. The van der Waals surface area contributed by atoms with Crippen molar-refractivity contribution in [3.63, 3.8) is 0 Å². The average Bonchev–Trinajstić information content (AvgIpc) is 3.21. The monoisotopic (exact) mass is 409 g/mol. The van der Waals surface area contributed by atoms with Crippen LogP contribution in [0.15, 0.2) is 67.0 Å². The second kappa shape index (κ2) is 10.9. The van der Waals surface area contributed by atoms with Crippen LogP contribution in [-0.2, 0) is 11.8 Å². The van der Waals surface area contributed by atoms with Crippen molar-refractivity contribution in [2.75, 3.05) is 20.3 Å². The van der Waals surface area contributed by atoms with Gasteiger partial charge in [0.15, 0.2) is 0 Å². The highest BCUT2D eigenvalue weighted by molar-refractivity contribution is 5.33. The summed E-state index contributed by atoms with van der Waals surface area (Å²) in [7, 11) is 3.61. The number of aromatic nitrogens is 2. The summed E-state index contributed by atoms with van der Waals surface area (Å²) in [6.45, 7) is 2.72. The number of aliphatic hydroxyl groups is 1. The first-order valence-electron chi connectivity index (χ1n) is 10.3. The van der Waals surface area contributed by atoms with Crippen molar-refractivity contribution in [2.24, 2.45) is 7.05 Å². The molecule has 3 aromatic rings. The Hall–Kier alpha value is -2.67. The molecule has 160 valence electrons. The molecule has 3 atom stereocenters. The van der Waals surface area contributed by atoms with Crippen molar-refractivity contribution in [1.82, 2.24) is 14.9 Å². The van der Waals surface area contributed by atoms with Crippen molar-refractivity contribution in [3.05, 3.63) is 83.9 Å². The molecule has 0 aliphatic carbocycles. The molecule has 6 nitrogen and oxygen atoms in total. The highest BCUT2D eigenvalue weighted by Gasteiger charge is 2.20. The Balaban J connectivity index is 1.64. The average molecular weight is 410 g/mol. The van der Waals surface area contributed by atoms with Gasteiger partial charge in [0.25, 0.3) is 0 Å². The van der Waals surface area contributed by atoms with Gasteiger partial charge in [-0.2, -0.15) is 0 Å². The Morgan fingerprint density at radius 2 is 1.87 bits per heavy atom. The van der Waals surface area contributed by atoms with Crippen LogP contribution in [0.1, 0.15) is 42.4 Å². The summed E-state index contributed by atoms with van der Waals surface area (Å²) in [4.78, 5) is 4.50. The van der Waals surface area contributed by atoms with Crippen LogP contribution in [0, 0.1) is 0 Å². The number of nitrogens with zero attached hydrogens (tertiary/aromatic N) is 2. The minimum absolute atomic E-state index is 0.0235. The van der Waals surface area contributed by atoms with Gasteiger partial charge in [-0.15, -0.1) is 0 Å². The normalized spacial score (nSPS) is 14.3. The number of methoxy groups -OCH3 is 1. The van der Waals surface area contributed by atoms with Crippen molar-refractivity contribution in [2.45, 2.75) is 31.6 Å². The lowest BCUT2D eigenvalue weighted by molar-refractivity contribution is -0.0119. The fourth-order valence-corrected chi connectivity index (χ4v) is 3.49. The first kappa shape index (κ1) is 22.0. The van der Waals surface area contributed by atoms with E-state index in [1.807, 2.05) is 60.3 Å². The molecule has 0 amide bonds. The maximum Gasteiger partial charge on any atom is 0.130 e. The van der Waals surface area contributed by atoms with Gasteiger partial charge in [-0.05, 0) is 29.7 Å². The third-order valence-electron chi connectivity index (χ3n) is 5.13. The number of nitrogens with one attached hydrogen (secondary N) is 1. The van der Waals surface area contributed by atoms with E-state index >= 15 is 0 Å². The molecule has 2 N–H and O–H groups in total. The molecule has 6 heteroatoms. The van der Waals surface area contributed by atoms with Crippen molar-refractivity contribution in [1.29, 1.82) is 0 Å². The van der Waals surface area contributed by atoms with Crippen molar-refractivity contribution < 1.29 is 14.6 Å². The summed E-state index contributed by atoms with van der Waals surface area (Å²) in [6.07, 6.45) is 3.87. The van der Waals surface area contributed by atoms with Crippen molar-refractivity contribution in [3.8, 4) is 5.75 Å². The van der Waals surface area contributed by atoms with E-state index in [0.29, 0.717) is 6.54 Å². The fraction of sp³-hybridized carbons (Fsp3) is 0.375. The highest BCUT2D eigenvalue weighted by atomic mass is 16.5. The summed E-state index contributed by atoms with van der Waals surface area (Å²) in [5, 5.41) is 14.0. The number of hydrogen-bond donors (Lipinski definition) is 2. The Morgan fingerprint density at radius 3 is 2.53 bits per heavy atom. The summed E-state index contributed by atoms with van der Waals surface area (Å²) in [5.74, 6) is 1.65. The van der Waals surface area contributed by atoms with Gasteiger partial charge in [-0.3, -0.25) is 0 Å². The molecule has 3 rings (SSSR count). The fourth-order valence-electron chi connectivity index (χ4n) is 3.49. The van der Waals surface area contributed by atoms with Gasteiger partial charge >= 0.3 is 0 Å². The molecule has 30 heavy (non-hydrogen) atoms. The van der Waals surface area contributed by atoms with Crippen LogP contribution in [0.2, 0.25) is 0 Å². The van der Waals surface area contributed by atoms with E-state index in [2.05, 4.69) is 29.4 Å². The summed E-state index contributed by atoms with van der Waals surface area (Å²) < 4.78 is 13.3. The molecule has 3 unspecified atom stereocenters. The van der Waals surface area contributed by atoms with Crippen LogP contribution in [0.4, 0.5) is 0 Å². The molecule has 0 fully saturated rings. The topological polar surface area (TPSA) is 68.5 Å². The molecule has 0 spiro atoms. The highest BCUT2D eigenvalue weighted by Crippen LogP contribution is 2.24. The molecule has 1 heterocycles. The summed E-state index contributed by atoms with van der Waals surface area (Å²) in [6, 6.07) is 17.8. The zero-order valence-electron chi connectivity index (χ0n) is 17.9. The number of aliphatic hydroxyl groups excluding tert-OH is 1. The lowest BCUT2D eigenvalue weighted by Gasteiger charge is -2.23. The minimum atomic E-state index is -0.642. The number of benzene rings is 2. The molecular weight excluding hydrogens is 378 g/mol. The van der Waals surface area contributed by atoms with E-state index < -0.39 is 6.10 Å². The molecule has 0 aliphatic heterocycles. The van der Waals surface area contributed by atoms with Gasteiger partial charge in [0.05, 0.1) is 32.0 Å². The standard InChI is InChI=1S/C24H31N3O3/c1-4-22(18-9-6-5-7-10-18)30-17-20(28)16-26-23(24-25-13-14-27(24)2)19-11-8-12-21(15-19)29-3/h5-15,20,22-23,26,28H,4,16-17H2,1-3H3. The van der Waals surface area contributed by atoms with Crippen LogP contribution in [-0.4, -0.2) is 41.0 Å². The zero-order chi connectivity index (χ0) is 21.3. The van der Waals surface area contributed by atoms with Crippen LogP contribution in [0.3, 0.4) is 0 Å². The van der Waals surface area contributed by atoms with Gasteiger partial charge in [0.2, 0.25) is 0 Å². The van der Waals surface area contributed by atoms with Crippen LogP contribution >= 0.6 is 0 Å². The molecule has 0 saturated heterocycles. The Morgan fingerprint density at radius 1 is 1.10 bits per heavy atom. The smallest absolute Gasteiger partial charge is 0.130 e. The van der Waals surface area contributed by atoms with Gasteiger partial charge in [-0.25, -0.2) is 4.98 Å². The van der Waals surface area contributed by atoms with Gasteiger partial charge in [0, 0.05) is 26.0 Å². The van der Waals surface area contributed by atoms with Gasteiger partial charge in [0.1, 0.15) is 11.6 Å². The quantitative estimate of drug-likeness (QED) is 0.506. The molecule has 0 saturated carbocycles. The third kappa shape index (κ3) is 5.69. The summed E-state index contributed by atoms with van der Waals surface area (Å²) >= 11 is 0. The van der Waals surface area contributed by atoms with E-state index in [0.717, 1.165) is 29.1 Å². The van der Waals surface area contributed by atoms with E-state index in [4.69, 9.17) is 9.47 Å². The molecule has 1 aromatic heterocycles. The van der Waals surface area contributed by atoms with E-state index in [9.17, 15) is 5.11 Å². The maximum absolute atomic E-state index is 10.6. The van der Waals surface area contributed by atoms with Gasteiger partial charge in [-0.1, -0.05) is 49.4 Å². The van der Waals surface area contributed by atoms with E-state index in [1.165, 1.54) is 0 Å². The third-order valence-corrected chi connectivity index (χ3v) is 5.13. The second-order valence-electron chi connectivity index (χ2n) is 7.31. The van der Waals surface area contributed by atoms with Crippen LogP contribution in [0.5, 0.6) is 5.75 Å². The van der Waals surface area contributed by atoms with Gasteiger partial charge < -0.3 is 24.5 Å². The number of hydrogen-bond acceptors (Lipinski definition) is 5. The van der Waals surface area contributed by atoms with Crippen LogP contribution in [0.25, 0.3) is 0 Å². The second-order valence-corrected chi connectivity index (χ2v) is 7.31. The predicted molar refractivity (Wildman–Crippen MR) is 117 cm³/mol. The predicted octanol–water partition coefficient (Wildman–Crippen LogP) is 3.64. The Bertz CT molecular complexity index is 897.